The van der Waals surface area contributed by atoms with Gasteiger partial charge in [0.15, 0.2) is 0 Å². The number of anilines is 2. The molecule has 1 saturated carbocycles. The molecule has 0 aromatic carbocycles. The van der Waals surface area contributed by atoms with Gasteiger partial charge in [0.2, 0.25) is 0 Å². The van der Waals surface area contributed by atoms with Crippen molar-refractivity contribution in [3.63, 3.8) is 0 Å². The van der Waals surface area contributed by atoms with Crippen LogP contribution >= 0.6 is 0 Å². The van der Waals surface area contributed by atoms with Gasteiger partial charge in [-0.1, -0.05) is 0 Å². The lowest BCUT2D eigenvalue weighted by molar-refractivity contribution is 0.326. The lowest BCUT2D eigenvalue weighted by atomic mass is 10.2. The second kappa shape index (κ2) is 3.90. The molecule has 5 nitrogen and oxygen atoms in total. The summed E-state index contributed by atoms with van der Waals surface area (Å²) in [7, 11) is 0. The molecule has 3 rings (SSSR count). The Morgan fingerprint density at radius 1 is 1.25 bits per heavy atom. The second-order valence-corrected chi connectivity index (χ2v) is 4.70. The van der Waals surface area contributed by atoms with Gasteiger partial charge >= 0.3 is 0 Å². The molecular formula is C11H17N5. The molecule has 0 amide bonds. The fraction of sp³-hybridized carbons (Fsp3) is 0.636. The van der Waals surface area contributed by atoms with Gasteiger partial charge in [-0.3, -0.25) is 4.90 Å². The van der Waals surface area contributed by atoms with Gasteiger partial charge in [-0.25, -0.2) is 0 Å². The molecule has 3 N–H and O–H groups in total. The number of likely N-dealkylation sites (tertiary alicyclic amines) is 1. The van der Waals surface area contributed by atoms with Crippen LogP contribution in [-0.2, 0) is 0 Å². The van der Waals surface area contributed by atoms with Crippen LogP contribution in [0.4, 0.5) is 11.6 Å². The average Bonchev–Trinajstić information content (AvgIpc) is 3.04. The van der Waals surface area contributed by atoms with E-state index in [0.29, 0.717) is 11.9 Å². The standard InChI is InChI=1S/C11H17N5/c12-10-3-4-11(15-14-10)13-8-5-6-16(7-8)9-1-2-9/h3-4,8-9H,1-2,5-7H2,(H2,12,14)(H,13,15). The molecule has 0 radical (unpaired) electrons. The summed E-state index contributed by atoms with van der Waals surface area (Å²) < 4.78 is 0. The Labute approximate surface area is 95.0 Å². The van der Waals surface area contributed by atoms with Crippen LogP contribution in [0.1, 0.15) is 19.3 Å². The highest BCUT2D eigenvalue weighted by molar-refractivity contribution is 5.39. The van der Waals surface area contributed by atoms with E-state index in [2.05, 4.69) is 20.4 Å². The molecule has 2 aliphatic rings. The number of aromatic nitrogens is 2. The van der Waals surface area contributed by atoms with Gasteiger partial charge in [0.25, 0.3) is 0 Å². The third kappa shape index (κ3) is 2.09. The maximum Gasteiger partial charge on any atom is 0.149 e. The molecule has 86 valence electrons. The molecule has 16 heavy (non-hydrogen) atoms. The Bertz CT molecular complexity index is 359. The maximum atomic E-state index is 5.50. The first-order valence-electron chi connectivity index (χ1n) is 5.91. The third-order valence-corrected chi connectivity index (χ3v) is 3.32. The van der Waals surface area contributed by atoms with Crippen molar-refractivity contribution >= 4 is 11.6 Å². The molecular weight excluding hydrogens is 202 g/mol. The normalized spacial score (nSPS) is 25.9. The summed E-state index contributed by atoms with van der Waals surface area (Å²) in [5.41, 5.74) is 5.50. The van der Waals surface area contributed by atoms with Crippen molar-refractivity contribution in [3.8, 4) is 0 Å². The number of nitrogens with one attached hydrogen (secondary N) is 1. The van der Waals surface area contributed by atoms with Crippen molar-refractivity contribution in [2.45, 2.75) is 31.3 Å². The highest BCUT2D eigenvalue weighted by Gasteiger charge is 2.34. The van der Waals surface area contributed by atoms with E-state index in [1.165, 1.54) is 25.8 Å². The van der Waals surface area contributed by atoms with Crippen LogP contribution in [0.15, 0.2) is 12.1 Å². The predicted octanol–water partition coefficient (Wildman–Crippen LogP) is 0.707. The molecule has 1 saturated heterocycles. The fourth-order valence-corrected chi connectivity index (χ4v) is 2.31. The van der Waals surface area contributed by atoms with E-state index >= 15 is 0 Å². The summed E-state index contributed by atoms with van der Waals surface area (Å²) in [4.78, 5) is 2.57. The van der Waals surface area contributed by atoms with Crippen LogP contribution in [0.25, 0.3) is 0 Å². The van der Waals surface area contributed by atoms with Crippen molar-refractivity contribution in [2.24, 2.45) is 0 Å². The first-order chi connectivity index (χ1) is 7.81. The quantitative estimate of drug-likeness (QED) is 0.783. The summed E-state index contributed by atoms with van der Waals surface area (Å²) >= 11 is 0. The van der Waals surface area contributed by atoms with Crippen molar-refractivity contribution in [2.75, 3.05) is 24.1 Å². The highest BCUT2D eigenvalue weighted by Crippen LogP contribution is 2.30. The van der Waals surface area contributed by atoms with Crippen molar-refractivity contribution in [1.82, 2.24) is 15.1 Å². The smallest absolute Gasteiger partial charge is 0.149 e. The molecule has 2 fully saturated rings. The van der Waals surface area contributed by atoms with Gasteiger partial charge < -0.3 is 11.1 Å². The molecule has 5 heteroatoms. The van der Waals surface area contributed by atoms with E-state index in [1.54, 1.807) is 6.07 Å². The number of rotatable bonds is 3. The van der Waals surface area contributed by atoms with Gasteiger partial charge in [-0.15, -0.1) is 10.2 Å². The SMILES string of the molecule is Nc1ccc(NC2CCN(C3CC3)C2)nn1. The lowest BCUT2D eigenvalue weighted by Gasteiger charge is -2.15. The minimum Gasteiger partial charge on any atom is -0.382 e. The van der Waals surface area contributed by atoms with Crippen LogP contribution in [0.5, 0.6) is 0 Å². The van der Waals surface area contributed by atoms with Crippen molar-refractivity contribution < 1.29 is 0 Å². The van der Waals surface area contributed by atoms with Gasteiger partial charge in [0, 0.05) is 25.2 Å². The summed E-state index contributed by atoms with van der Waals surface area (Å²) in [6.45, 7) is 2.35. The van der Waals surface area contributed by atoms with Crippen LogP contribution < -0.4 is 11.1 Å². The topological polar surface area (TPSA) is 67.1 Å². The zero-order valence-electron chi connectivity index (χ0n) is 9.26. The summed E-state index contributed by atoms with van der Waals surface area (Å²) in [5.74, 6) is 1.30. The number of hydrogen-bond donors (Lipinski definition) is 2. The van der Waals surface area contributed by atoms with E-state index in [-0.39, 0.29) is 0 Å². The molecule has 1 aromatic rings. The van der Waals surface area contributed by atoms with Crippen LogP contribution in [0, 0.1) is 0 Å². The molecule has 0 bridgehead atoms. The van der Waals surface area contributed by atoms with Crippen molar-refractivity contribution in [1.29, 1.82) is 0 Å². The van der Waals surface area contributed by atoms with Gasteiger partial charge in [-0.05, 0) is 31.4 Å². The maximum absolute atomic E-state index is 5.50. The summed E-state index contributed by atoms with van der Waals surface area (Å²) in [6.07, 6.45) is 3.96. The highest BCUT2D eigenvalue weighted by atomic mass is 15.3. The zero-order chi connectivity index (χ0) is 11.0. The van der Waals surface area contributed by atoms with Gasteiger partial charge in [-0.2, -0.15) is 0 Å². The lowest BCUT2D eigenvalue weighted by Crippen LogP contribution is -2.28. The molecule has 1 aliphatic heterocycles. The Hall–Kier alpha value is -1.36. The monoisotopic (exact) mass is 219 g/mol. The minimum atomic E-state index is 0.469. The zero-order valence-corrected chi connectivity index (χ0v) is 9.26. The van der Waals surface area contributed by atoms with Crippen molar-refractivity contribution in [3.05, 3.63) is 12.1 Å². The molecule has 1 unspecified atom stereocenters. The summed E-state index contributed by atoms with van der Waals surface area (Å²) in [6, 6.07) is 5.05. The second-order valence-electron chi connectivity index (χ2n) is 4.70. The fourth-order valence-electron chi connectivity index (χ4n) is 2.31. The Kier molecular flexibility index (Phi) is 2.40. The number of nitrogen functional groups attached to an aromatic ring is 1. The largest absolute Gasteiger partial charge is 0.382 e. The average molecular weight is 219 g/mol. The van der Waals surface area contributed by atoms with E-state index in [4.69, 9.17) is 5.73 Å². The van der Waals surface area contributed by atoms with E-state index in [1.807, 2.05) is 6.07 Å². The van der Waals surface area contributed by atoms with Crippen LogP contribution in [0.3, 0.4) is 0 Å². The molecule has 1 aromatic heterocycles. The van der Waals surface area contributed by atoms with Gasteiger partial charge in [0.05, 0.1) is 0 Å². The van der Waals surface area contributed by atoms with Gasteiger partial charge in [0.1, 0.15) is 11.6 Å². The number of nitrogens with zero attached hydrogens (tertiary/aromatic N) is 3. The van der Waals surface area contributed by atoms with E-state index in [0.717, 1.165) is 18.4 Å². The first-order valence-corrected chi connectivity index (χ1v) is 5.91. The Balaban J connectivity index is 1.57. The van der Waals surface area contributed by atoms with Crippen LogP contribution in [-0.4, -0.2) is 40.3 Å². The number of hydrogen-bond acceptors (Lipinski definition) is 5. The van der Waals surface area contributed by atoms with Crippen LogP contribution in [0.2, 0.25) is 0 Å². The summed E-state index contributed by atoms with van der Waals surface area (Å²) in [5, 5.41) is 11.3. The van der Waals surface area contributed by atoms with E-state index in [9.17, 15) is 0 Å². The number of nitrogens with two attached hydrogens (primary N) is 1. The molecule has 1 aliphatic carbocycles. The molecule has 1 atom stereocenters. The molecule has 2 heterocycles. The van der Waals surface area contributed by atoms with E-state index < -0.39 is 0 Å². The predicted molar refractivity (Wildman–Crippen MR) is 63.1 cm³/mol. The Morgan fingerprint density at radius 3 is 2.81 bits per heavy atom. The third-order valence-electron chi connectivity index (χ3n) is 3.32. The first kappa shape index (κ1) is 9.84. The minimum absolute atomic E-state index is 0.469. The molecule has 0 spiro atoms. The Morgan fingerprint density at radius 2 is 2.12 bits per heavy atom.